The van der Waals surface area contributed by atoms with Gasteiger partial charge in [-0.3, -0.25) is 4.90 Å². The molecule has 0 heterocycles. The second-order valence-corrected chi connectivity index (χ2v) is 6.24. The first-order chi connectivity index (χ1) is 11.1. The molecule has 0 radical (unpaired) electrons. The zero-order valence-corrected chi connectivity index (χ0v) is 14.3. The van der Waals surface area contributed by atoms with Crippen LogP contribution >= 0.6 is 0 Å². The van der Waals surface area contributed by atoms with Crippen LogP contribution < -0.4 is 4.74 Å². The Morgan fingerprint density at radius 2 is 1.65 bits per heavy atom. The van der Waals surface area contributed by atoms with Gasteiger partial charge >= 0.3 is 0 Å². The zero-order valence-electron chi connectivity index (χ0n) is 14.3. The highest BCUT2D eigenvalue weighted by Gasteiger charge is 2.16. The van der Waals surface area contributed by atoms with Crippen molar-refractivity contribution in [1.29, 1.82) is 0 Å². The SMILES string of the molecule is Cc1ccccc1OC[C@@H](O)CN(Cc1ccccc1)C(C)C. The molecule has 0 unspecified atom stereocenters. The van der Waals surface area contributed by atoms with Gasteiger partial charge in [0.1, 0.15) is 18.5 Å². The molecule has 0 aliphatic heterocycles. The molecule has 2 aromatic rings. The Labute approximate surface area is 139 Å². The standard InChI is InChI=1S/C20H27NO2/c1-16(2)21(13-18-10-5-4-6-11-18)14-19(22)15-23-20-12-8-7-9-17(20)3/h4-12,16,19,22H,13-15H2,1-3H3/t19-/m0/s1. The van der Waals surface area contributed by atoms with Crippen LogP contribution in [0.3, 0.4) is 0 Å². The highest BCUT2D eigenvalue weighted by Crippen LogP contribution is 2.16. The van der Waals surface area contributed by atoms with Crippen molar-refractivity contribution in [3.63, 3.8) is 0 Å². The first-order valence-electron chi connectivity index (χ1n) is 8.20. The minimum absolute atomic E-state index is 0.308. The molecule has 0 bridgehead atoms. The molecule has 1 atom stereocenters. The Hall–Kier alpha value is -1.84. The van der Waals surface area contributed by atoms with Crippen LogP contribution in [0.1, 0.15) is 25.0 Å². The van der Waals surface area contributed by atoms with Crippen LogP contribution in [0.2, 0.25) is 0 Å². The lowest BCUT2D eigenvalue weighted by Gasteiger charge is -2.29. The van der Waals surface area contributed by atoms with E-state index in [1.807, 2.05) is 49.4 Å². The fourth-order valence-electron chi connectivity index (χ4n) is 2.50. The second kappa shape index (κ2) is 8.70. The van der Waals surface area contributed by atoms with Gasteiger partial charge in [-0.2, -0.15) is 0 Å². The van der Waals surface area contributed by atoms with Crippen molar-refractivity contribution in [3.05, 3.63) is 65.7 Å². The zero-order chi connectivity index (χ0) is 16.7. The molecular formula is C20H27NO2. The van der Waals surface area contributed by atoms with Gasteiger partial charge in [0, 0.05) is 19.1 Å². The van der Waals surface area contributed by atoms with Crippen molar-refractivity contribution < 1.29 is 9.84 Å². The Balaban J connectivity index is 1.88. The van der Waals surface area contributed by atoms with Crippen LogP contribution in [0.4, 0.5) is 0 Å². The molecule has 0 amide bonds. The number of hydrogen-bond donors (Lipinski definition) is 1. The van der Waals surface area contributed by atoms with Crippen molar-refractivity contribution in [2.45, 2.75) is 39.5 Å². The van der Waals surface area contributed by atoms with E-state index in [9.17, 15) is 5.11 Å². The van der Waals surface area contributed by atoms with E-state index in [-0.39, 0.29) is 0 Å². The third-order valence-electron chi connectivity index (χ3n) is 3.93. The van der Waals surface area contributed by atoms with Gasteiger partial charge in [-0.1, -0.05) is 48.5 Å². The molecule has 0 saturated heterocycles. The number of aliphatic hydroxyl groups excluding tert-OH is 1. The molecule has 3 heteroatoms. The number of nitrogens with zero attached hydrogens (tertiary/aromatic N) is 1. The van der Waals surface area contributed by atoms with E-state index >= 15 is 0 Å². The lowest BCUT2D eigenvalue weighted by atomic mass is 10.1. The molecule has 1 N–H and O–H groups in total. The maximum absolute atomic E-state index is 10.3. The molecule has 0 aromatic heterocycles. The lowest BCUT2D eigenvalue weighted by molar-refractivity contribution is 0.0541. The minimum Gasteiger partial charge on any atom is -0.491 e. The summed E-state index contributed by atoms with van der Waals surface area (Å²) in [5.74, 6) is 0.839. The first-order valence-corrected chi connectivity index (χ1v) is 8.20. The molecule has 0 fully saturated rings. The topological polar surface area (TPSA) is 32.7 Å². The summed E-state index contributed by atoms with van der Waals surface area (Å²) in [6, 6.07) is 18.6. The summed E-state index contributed by atoms with van der Waals surface area (Å²) in [5, 5.41) is 10.3. The van der Waals surface area contributed by atoms with Crippen molar-refractivity contribution in [3.8, 4) is 5.75 Å². The Morgan fingerprint density at radius 3 is 2.30 bits per heavy atom. The number of rotatable bonds is 8. The smallest absolute Gasteiger partial charge is 0.122 e. The van der Waals surface area contributed by atoms with Gasteiger partial charge in [0.15, 0.2) is 0 Å². The third-order valence-corrected chi connectivity index (χ3v) is 3.93. The Bertz CT molecular complexity index is 583. The van der Waals surface area contributed by atoms with Gasteiger partial charge in [0.2, 0.25) is 0 Å². The predicted molar refractivity (Wildman–Crippen MR) is 94.7 cm³/mol. The van der Waals surface area contributed by atoms with E-state index in [0.717, 1.165) is 17.9 Å². The second-order valence-electron chi connectivity index (χ2n) is 6.24. The average Bonchev–Trinajstić information content (AvgIpc) is 2.54. The van der Waals surface area contributed by atoms with E-state index in [1.54, 1.807) is 0 Å². The molecule has 124 valence electrons. The van der Waals surface area contributed by atoms with E-state index in [4.69, 9.17) is 4.74 Å². The molecule has 0 aliphatic rings. The van der Waals surface area contributed by atoms with Gasteiger partial charge in [-0.25, -0.2) is 0 Å². The van der Waals surface area contributed by atoms with Gasteiger partial charge in [0.25, 0.3) is 0 Å². The van der Waals surface area contributed by atoms with Crippen LogP contribution in [0, 0.1) is 6.92 Å². The molecule has 2 rings (SSSR count). The fraction of sp³-hybridized carbons (Fsp3) is 0.400. The van der Waals surface area contributed by atoms with Crippen molar-refractivity contribution >= 4 is 0 Å². The summed E-state index contributed by atoms with van der Waals surface area (Å²) in [5.41, 5.74) is 2.35. The fourth-order valence-corrected chi connectivity index (χ4v) is 2.50. The molecular weight excluding hydrogens is 286 g/mol. The first kappa shape index (κ1) is 17.5. The number of hydrogen-bond acceptors (Lipinski definition) is 3. The van der Waals surface area contributed by atoms with E-state index < -0.39 is 6.10 Å². The van der Waals surface area contributed by atoms with Crippen molar-refractivity contribution in [1.82, 2.24) is 4.90 Å². The quantitative estimate of drug-likeness (QED) is 0.807. The van der Waals surface area contributed by atoms with Gasteiger partial charge in [0.05, 0.1) is 0 Å². The molecule has 2 aromatic carbocycles. The highest BCUT2D eigenvalue weighted by molar-refractivity contribution is 5.31. The van der Waals surface area contributed by atoms with Crippen LogP contribution in [0.15, 0.2) is 54.6 Å². The van der Waals surface area contributed by atoms with Gasteiger partial charge in [-0.05, 0) is 38.0 Å². The Morgan fingerprint density at radius 1 is 1.00 bits per heavy atom. The summed E-state index contributed by atoms with van der Waals surface area (Å²) in [6.45, 7) is 8.05. The maximum atomic E-state index is 10.3. The van der Waals surface area contributed by atoms with E-state index in [1.165, 1.54) is 5.56 Å². The maximum Gasteiger partial charge on any atom is 0.122 e. The molecule has 0 saturated carbocycles. The number of benzene rings is 2. The van der Waals surface area contributed by atoms with Crippen molar-refractivity contribution in [2.24, 2.45) is 0 Å². The highest BCUT2D eigenvalue weighted by atomic mass is 16.5. The Kier molecular flexibility index (Phi) is 6.63. The number of aryl methyl sites for hydroxylation is 1. The molecule has 23 heavy (non-hydrogen) atoms. The lowest BCUT2D eigenvalue weighted by Crippen LogP contribution is -2.39. The van der Waals surface area contributed by atoms with Gasteiger partial charge in [-0.15, -0.1) is 0 Å². The summed E-state index contributed by atoms with van der Waals surface area (Å²) in [6.07, 6.45) is -0.513. The van der Waals surface area contributed by atoms with Crippen LogP contribution in [-0.4, -0.2) is 35.3 Å². The monoisotopic (exact) mass is 313 g/mol. The molecule has 0 aliphatic carbocycles. The number of ether oxygens (including phenoxy) is 1. The average molecular weight is 313 g/mol. The van der Waals surface area contributed by atoms with Crippen LogP contribution in [0.25, 0.3) is 0 Å². The summed E-state index contributed by atoms with van der Waals surface area (Å²) in [4.78, 5) is 2.27. The van der Waals surface area contributed by atoms with Gasteiger partial charge < -0.3 is 9.84 Å². The van der Waals surface area contributed by atoms with E-state index in [0.29, 0.717) is 19.2 Å². The van der Waals surface area contributed by atoms with E-state index in [2.05, 4.69) is 30.9 Å². The van der Waals surface area contributed by atoms with Crippen LogP contribution in [-0.2, 0) is 6.54 Å². The normalized spacial score (nSPS) is 12.6. The number of aliphatic hydroxyl groups is 1. The summed E-state index contributed by atoms with van der Waals surface area (Å²) >= 11 is 0. The van der Waals surface area contributed by atoms with Crippen molar-refractivity contribution in [2.75, 3.05) is 13.2 Å². The molecule has 3 nitrogen and oxygen atoms in total. The largest absolute Gasteiger partial charge is 0.491 e. The number of para-hydroxylation sites is 1. The summed E-state index contributed by atoms with van der Waals surface area (Å²) in [7, 11) is 0. The summed E-state index contributed by atoms with van der Waals surface area (Å²) < 4.78 is 5.75. The third kappa shape index (κ3) is 5.70. The van der Waals surface area contributed by atoms with Crippen LogP contribution in [0.5, 0.6) is 5.75 Å². The molecule has 0 spiro atoms. The minimum atomic E-state index is -0.513. The predicted octanol–water partition coefficient (Wildman–Crippen LogP) is 3.65.